The van der Waals surface area contributed by atoms with Gasteiger partial charge in [-0.25, -0.2) is 14.4 Å². The van der Waals surface area contributed by atoms with Crippen molar-refractivity contribution in [3.8, 4) is 0 Å². The van der Waals surface area contributed by atoms with Crippen molar-refractivity contribution in [3.05, 3.63) is 48.3 Å². The third kappa shape index (κ3) is 3.13. The standard InChI is InChI=1S/C20H19BrFN3/c21-11-5-1-2-6-12-25-18-10-9-14(22)13-15(18)19-20(25)24-17-8-4-3-7-16(17)23-19/h3-4,7-10,13H,1-2,5-6,11-12H2. The maximum atomic E-state index is 13.8. The summed E-state index contributed by atoms with van der Waals surface area (Å²) in [5, 5.41) is 1.90. The number of hydrogen-bond acceptors (Lipinski definition) is 2. The van der Waals surface area contributed by atoms with Crippen molar-refractivity contribution in [2.45, 2.75) is 32.2 Å². The van der Waals surface area contributed by atoms with E-state index in [1.54, 1.807) is 6.07 Å². The van der Waals surface area contributed by atoms with Gasteiger partial charge in [-0.05, 0) is 43.2 Å². The second kappa shape index (κ2) is 7.08. The summed E-state index contributed by atoms with van der Waals surface area (Å²) in [5.41, 5.74) is 4.36. The van der Waals surface area contributed by atoms with Gasteiger partial charge in [0, 0.05) is 17.3 Å². The summed E-state index contributed by atoms with van der Waals surface area (Å²) in [4.78, 5) is 9.60. The lowest BCUT2D eigenvalue weighted by Gasteiger charge is -2.07. The molecule has 5 heteroatoms. The van der Waals surface area contributed by atoms with E-state index in [1.165, 1.54) is 25.3 Å². The first-order valence-corrected chi connectivity index (χ1v) is 9.80. The predicted molar refractivity (Wildman–Crippen MR) is 105 cm³/mol. The molecular formula is C20H19BrFN3. The molecule has 0 radical (unpaired) electrons. The zero-order valence-electron chi connectivity index (χ0n) is 13.9. The number of alkyl halides is 1. The largest absolute Gasteiger partial charge is 0.324 e. The van der Waals surface area contributed by atoms with Crippen LogP contribution in [0.2, 0.25) is 0 Å². The van der Waals surface area contributed by atoms with Crippen LogP contribution in [0, 0.1) is 5.82 Å². The van der Waals surface area contributed by atoms with E-state index in [0.29, 0.717) is 0 Å². The summed E-state index contributed by atoms with van der Waals surface area (Å²) in [7, 11) is 0. The molecule has 0 amide bonds. The summed E-state index contributed by atoms with van der Waals surface area (Å²) in [6.07, 6.45) is 4.67. The van der Waals surface area contributed by atoms with Crippen LogP contribution in [0.1, 0.15) is 25.7 Å². The fourth-order valence-corrected chi connectivity index (χ4v) is 3.75. The number of nitrogens with zero attached hydrogens (tertiary/aromatic N) is 3. The molecule has 0 unspecified atom stereocenters. The van der Waals surface area contributed by atoms with E-state index in [2.05, 4.69) is 20.5 Å². The van der Waals surface area contributed by atoms with Crippen molar-refractivity contribution in [1.82, 2.24) is 14.5 Å². The van der Waals surface area contributed by atoms with Crippen molar-refractivity contribution in [1.29, 1.82) is 0 Å². The van der Waals surface area contributed by atoms with Crippen LogP contribution in [-0.2, 0) is 6.54 Å². The van der Waals surface area contributed by atoms with Crippen LogP contribution in [0.3, 0.4) is 0 Å². The maximum absolute atomic E-state index is 13.8. The molecular weight excluding hydrogens is 381 g/mol. The Hall–Kier alpha value is -2.01. The Morgan fingerprint density at radius 3 is 2.48 bits per heavy atom. The highest BCUT2D eigenvalue weighted by Gasteiger charge is 2.14. The number of aromatic nitrogens is 3. The quantitative estimate of drug-likeness (QED) is 0.301. The Labute approximate surface area is 154 Å². The van der Waals surface area contributed by atoms with E-state index in [4.69, 9.17) is 9.97 Å². The first-order chi connectivity index (χ1) is 12.3. The molecule has 2 aromatic heterocycles. The highest BCUT2D eigenvalue weighted by Crippen LogP contribution is 2.29. The van der Waals surface area contributed by atoms with E-state index >= 15 is 0 Å². The van der Waals surface area contributed by atoms with Gasteiger partial charge in [-0.1, -0.05) is 40.9 Å². The molecule has 3 nitrogen and oxygen atoms in total. The van der Waals surface area contributed by atoms with Crippen molar-refractivity contribution >= 4 is 49.0 Å². The van der Waals surface area contributed by atoms with Gasteiger partial charge in [-0.2, -0.15) is 0 Å². The van der Waals surface area contributed by atoms with E-state index in [0.717, 1.165) is 51.4 Å². The summed E-state index contributed by atoms with van der Waals surface area (Å²) in [5.74, 6) is -0.237. The number of hydrogen-bond donors (Lipinski definition) is 0. The number of halogens is 2. The minimum absolute atomic E-state index is 0.237. The SMILES string of the molecule is Fc1ccc2c(c1)c1nc3ccccc3nc1n2CCCCCCBr. The lowest BCUT2D eigenvalue weighted by Crippen LogP contribution is -2.00. The highest BCUT2D eigenvalue weighted by molar-refractivity contribution is 9.09. The van der Waals surface area contributed by atoms with Gasteiger partial charge < -0.3 is 4.57 Å². The lowest BCUT2D eigenvalue weighted by molar-refractivity contribution is 0.602. The minimum atomic E-state index is -0.237. The molecule has 0 saturated heterocycles. The van der Waals surface area contributed by atoms with Crippen molar-refractivity contribution in [2.24, 2.45) is 0 Å². The summed E-state index contributed by atoms with van der Waals surface area (Å²) in [6, 6.07) is 12.8. The molecule has 2 heterocycles. The summed E-state index contributed by atoms with van der Waals surface area (Å²) >= 11 is 3.48. The number of aryl methyl sites for hydroxylation is 1. The smallest absolute Gasteiger partial charge is 0.160 e. The third-order valence-corrected chi connectivity index (χ3v) is 5.14. The van der Waals surface area contributed by atoms with Crippen molar-refractivity contribution < 1.29 is 4.39 Å². The number of fused-ring (bicyclic) bond motifs is 4. The van der Waals surface area contributed by atoms with Crippen LogP contribution in [0.15, 0.2) is 42.5 Å². The predicted octanol–water partition coefficient (Wildman–Crippen LogP) is 5.83. The Kier molecular flexibility index (Phi) is 4.66. The topological polar surface area (TPSA) is 30.7 Å². The first kappa shape index (κ1) is 16.5. The summed E-state index contributed by atoms with van der Waals surface area (Å²) in [6.45, 7) is 0.876. The molecule has 128 valence electrons. The van der Waals surface area contributed by atoms with Crippen LogP contribution in [0.4, 0.5) is 4.39 Å². The summed E-state index contributed by atoms with van der Waals surface area (Å²) < 4.78 is 16.0. The lowest BCUT2D eigenvalue weighted by atomic mass is 10.2. The van der Waals surface area contributed by atoms with Gasteiger partial charge in [0.05, 0.1) is 16.6 Å². The van der Waals surface area contributed by atoms with E-state index in [9.17, 15) is 4.39 Å². The van der Waals surface area contributed by atoms with Gasteiger partial charge in [-0.3, -0.25) is 0 Å². The Morgan fingerprint density at radius 1 is 0.920 bits per heavy atom. The molecule has 4 rings (SSSR count). The number of rotatable bonds is 6. The fraction of sp³-hybridized carbons (Fsp3) is 0.300. The average molecular weight is 400 g/mol. The van der Waals surface area contributed by atoms with Gasteiger partial charge in [0.15, 0.2) is 5.65 Å². The molecule has 0 aliphatic carbocycles. The van der Waals surface area contributed by atoms with Crippen molar-refractivity contribution in [3.63, 3.8) is 0 Å². The third-order valence-electron chi connectivity index (χ3n) is 4.58. The zero-order chi connectivity index (χ0) is 17.2. The molecule has 0 N–H and O–H groups in total. The second-order valence-corrected chi connectivity index (χ2v) is 7.09. The van der Waals surface area contributed by atoms with Crippen LogP contribution < -0.4 is 0 Å². The fourth-order valence-electron chi connectivity index (χ4n) is 3.35. The molecule has 0 saturated carbocycles. The average Bonchev–Trinajstić information content (AvgIpc) is 2.92. The molecule has 0 atom stereocenters. The van der Waals surface area contributed by atoms with E-state index in [-0.39, 0.29) is 5.82 Å². The maximum Gasteiger partial charge on any atom is 0.160 e. The molecule has 4 aromatic rings. The van der Waals surface area contributed by atoms with Crippen LogP contribution >= 0.6 is 15.9 Å². The highest BCUT2D eigenvalue weighted by atomic mass is 79.9. The first-order valence-electron chi connectivity index (χ1n) is 8.68. The number of unbranched alkanes of at least 4 members (excludes halogenated alkanes) is 3. The molecule has 0 spiro atoms. The molecule has 0 fully saturated rings. The Bertz CT molecular complexity index is 1040. The van der Waals surface area contributed by atoms with Gasteiger partial charge in [-0.15, -0.1) is 0 Å². The molecule has 0 bridgehead atoms. The van der Waals surface area contributed by atoms with Crippen molar-refractivity contribution in [2.75, 3.05) is 5.33 Å². The minimum Gasteiger partial charge on any atom is -0.324 e. The molecule has 0 aliphatic heterocycles. The normalized spacial score (nSPS) is 11.8. The monoisotopic (exact) mass is 399 g/mol. The van der Waals surface area contributed by atoms with Gasteiger partial charge in [0.25, 0.3) is 0 Å². The van der Waals surface area contributed by atoms with Gasteiger partial charge >= 0.3 is 0 Å². The molecule has 25 heavy (non-hydrogen) atoms. The number of para-hydroxylation sites is 2. The van der Waals surface area contributed by atoms with Gasteiger partial charge in [0.2, 0.25) is 0 Å². The zero-order valence-corrected chi connectivity index (χ0v) is 15.5. The van der Waals surface area contributed by atoms with Crippen LogP contribution in [0.25, 0.3) is 33.1 Å². The van der Waals surface area contributed by atoms with E-state index < -0.39 is 0 Å². The van der Waals surface area contributed by atoms with Gasteiger partial charge in [0.1, 0.15) is 11.3 Å². The van der Waals surface area contributed by atoms with Crippen LogP contribution in [0.5, 0.6) is 0 Å². The molecule has 0 aliphatic rings. The Balaban J connectivity index is 1.84. The second-order valence-electron chi connectivity index (χ2n) is 6.30. The Morgan fingerprint density at radius 2 is 1.68 bits per heavy atom. The van der Waals surface area contributed by atoms with E-state index in [1.807, 2.05) is 30.3 Å². The van der Waals surface area contributed by atoms with Crippen LogP contribution in [-0.4, -0.2) is 19.9 Å². The number of benzene rings is 2. The molecule has 2 aromatic carbocycles.